The van der Waals surface area contributed by atoms with Crippen molar-refractivity contribution in [3.8, 4) is 0 Å². The minimum atomic E-state index is 0. The van der Waals surface area contributed by atoms with Crippen LogP contribution in [0.25, 0.3) is 0 Å². The molecule has 33 heavy (non-hydrogen) atoms. The lowest BCUT2D eigenvalue weighted by Crippen LogP contribution is -2.39. The lowest BCUT2D eigenvalue weighted by atomic mass is 10.1. The number of benzene rings is 1. The third-order valence-electron chi connectivity index (χ3n) is 6.02. The summed E-state index contributed by atoms with van der Waals surface area (Å²) < 4.78 is 5.49. The molecule has 1 aromatic heterocycles. The molecule has 2 aliphatic rings. The van der Waals surface area contributed by atoms with Crippen LogP contribution in [0.5, 0.6) is 0 Å². The van der Waals surface area contributed by atoms with E-state index in [4.69, 9.17) is 9.73 Å². The van der Waals surface area contributed by atoms with Gasteiger partial charge in [0.2, 0.25) is 0 Å². The van der Waals surface area contributed by atoms with Gasteiger partial charge in [0.05, 0.1) is 19.8 Å². The highest BCUT2D eigenvalue weighted by molar-refractivity contribution is 14.0. The molecule has 2 N–H and O–H groups in total. The van der Waals surface area contributed by atoms with Crippen molar-refractivity contribution in [2.24, 2.45) is 4.99 Å². The second-order valence-electron chi connectivity index (χ2n) is 8.43. The molecule has 3 heterocycles. The normalized spacial score (nSPS) is 17.0. The van der Waals surface area contributed by atoms with E-state index in [2.05, 4.69) is 62.7 Å². The topological polar surface area (TPSA) is 65.0 Å². The minimum absolute atomic E-state index is 0. The van der Waals surface area contributed by atoms with Gasteiger partial charge in [-0.2, -0.15) is 0 Å². The zero-order valence-corrected chi connectivity index (χ0v) is 22.0. The van der Waals surface area contributed by atoms with Gasteiger partial charge in [-0.3, -0.25) is 4.90 Å². The summed E-state index contributed by atoms with van der Waals surface area (Å²) >= 11 is 0. The highest BCUT2D eigenvalue weighted by atomic mass is 127. The molecule has 2 fully saturated rings. The second kappa shape index (κ2) is 13.7. The van der Waals surface area contributed by atoms with Crippen LogP contribution in [0, 0.1) is 0 Å². The summed E-state index contributed by atoms with van der Waals surface area (Å²) in [7, 11) is 0. The molecular formula is C25H37IN6O. The van der Waals surface area contributed by atoms with Gasteiger partial charge in [-0.1, -0.05) is 30.3 Å². The van der Waals surface area contributed by atoms with Crippen LogP contribution in [0.3, 0.4) is 0 Å². The van der Waals surface area contributed by atoms with E-state index < -0.39 is 0 Å². The molecule has 0 aliphatic carbocycles. The average Bonchev–Trinajstić information content (AvgIpc) is 3.36. The number of hydrogen-bond donors (Lipinski definition) is 2. The first-order valence-electron chi connectivity index (χ1n) is 11.9. The molecule has 0 spiro atoms. The molecule has 2 aromatic rings. The monoisotopic (exact) mass is 564 g/mol. The van der Waals surface area contributed by atoms with E-state index in [0.29, 0.717) is 13.1 Å². The van der Waals surface area contributed by atoms with Crippen LogP contribution < -0.4 is 15.5 Å². The lowest BCUT2D eigenvalue weighted by Gasteiger charge is -2.29. The molecule has 4 rings (SSSR count). The summed E-state index contributed by atoms with van der Waals surface area (Å²) in [6.07, 6.45) is 4.53. The molecule has 180 valence electrons. The van der Waals surface area contributed by atoms with Gasteiger partial charge in [-0.05, 0) is 50.0 Å². The molecule has 1 aromatic carbocycles. The number of nitrogens with one attached hydrogen (secondary N) is 2. The fourth-order valence-electron chi connectivity index (χ4n) is 4.27. The maximum absolute atomic E-state index is 5.49. The van der Waals surface area contributed by atoms with Crippen LogP contribution in [0.2, 0.25) is 0 Å². The highest BCUT2D eigenvalue weighted by Crippen LogP contribution is 2.18. The van der Waals surface area contributed by atoms with Gasteiger partial charge < -0.3 is 20.3 Å². The van der Waals surface area contributed by atoms with Crippen molar-refractivity contribution in [1.82, 2.24) is 20.5 Å². The molecule has 0 atom stereocenters. The molecule has 2 aliphatic heterocycles. The Bertz CT molecular complexity index is 863. The Labute approximate surface area is 215 Å². The quantitative estimate of drug-likeness (QED) is 0.291. The van der Waals surface area contributed by atoms with Crippen LogP contribution in [0.1, 0.15) is 36.5 Å². The van der Waals surface area contributed by atoms with Gasteiger partial charge in [0.15, 0.2) is 5.96 Å². The zero-order valence-electron chi connectivity index (χ0n) is 19.6. The number of nitrogens with zero attached hydrogens (tertiary/aromatic N) is 4. The van der Waals surface area contributed by atoms with Gasteiger partial charge in [0.1, 0.15) is 5.82 Å². The first-order valence-corrected chi connectivity index (χ1v) is 11.9. The maximum Gasteiger partial charge on any atom is 0.191 e. The van der Waals surface area contributed by atoms with Crippen molar-refractivity contribution in [3.63, 3.8) is 0 Å². The summed E-state index contributed by atoms with van der Waals surface area (Å²) in [4.78, 5) is 14.3. The Kier molecular flexibility index (Phi) is 10.7. The smallest absolute Gasteiger partial charge is 0.191 e. The van der Waals surface area contributed by atoms with Crippen LogP contribution in [0.15, 0.2) is 47.6 Å². The highest BCUT2D eigenvalue weighted by Gasteiger charge is 2.16. The van der Waals surface area contributed by atoms with Crippen LogP contribution in [-0.2, 0) is 24.4 Å². The minimum Gasteiger partial charge on any atom is -0.378 e. The van der Waals surface area contributed by atoms with E-state index in [1.807, 2.05) is 12.3 Å². The Balaban J connectivity index is 0.00000306. The summed E-state index contributed by atoms with van der Waals surface area (Å²) in [6.45, 7) is 11.0. The Morgan fingerprint density at radius 3 is 2.45 bits per heavy atom. The number of rotatable bonds is 8. The summed E-state index contributed by atoms with van der Waals surface area (Å²) in [5.41, 5.74) is 3.78. The number of guanidine groups is 1. The van der Waals surface area contributed by atoms with Gasteiger partial charge in [-0.25, -0.2) is 9.98 Å². The molecule has 0 bridgehead atoms. The van der Waals surface area contributed by atoms with E-state index >= 15 is 0 Å². The summed E-state index contributed by atoms with van der Waals surface area (Å²) in [5.74, 6) is 1.86. The number of aromatic nitrogens is 1. The fourth-order valence-corrected chi connectivity index (χ4v) is 4.27. The molecule has 8 heteroatoms. The first-order chi connectivity index (χ1) is 15.8. The molecule has 2 saturated heterocycles. The Morgan fingerprint density at radius 1 is 1.00 bits per heavy atom. The second-order valence-corrected chi connectivity index (χ2v) is 8.43. The number of pyridine rings is 1. The number of morpholine rings is 1. The van der Waals surface area contributed by atoms with Crippen molar-refractivity contribution in [1.29, 1.82) is 0 Å². The van der Waals surface area contributed by atoms with Crippen molar-refractivity contribution in [2.75, 3.05) is 50.8 Å². The molecule has 7 nitrogen and oxygen atoms in total. The SMILES string of the molecule is CCNC(=NCc1ccc(CN2CCCC2)cc1)NCc1cccnc1N1CCOCC1.I. The number of halogens is 1. The Hall–Kier alpha value is -1.91. The van der Waals surface area contributed by atoms with Gasteiger partial charge >= 0.3 is 0 Å². The molecule has 0 radical (unpaired) electrons. The predicted octanol–water partition coefficient (Wildman–Crippen LogP) is 3.39. The number of likely N-dealkylation sites (tertiary alicyclic amines) is 1. The van der Waals surface area contributed by atoms with Gasteiger partial charge in [0, 0.05) is 44.5 Å². The van der Waals surface area contributed by atoms with Gasteiger partial charge in [0.25, 0.3) is 0 Å². The largest absolute Gasteiger partial charge is 0.378 e. The van der Waals surface area contributed by atoms with Crippen molar-refractivity contribution < 1.29 is 4.74 Å². The fraction of sp³-hybridized carbons (Fsp3) is 0.520. The summed E-state index contributed by atoms with van der Waals surface area (Å²) in [6, 6.07) is 13.0. The molecule has 0 unspecified atom stereocenters. The third-order valence-corrected chi connectivity index (χ3v) is 6.02. The third kappa shape index (κ3) is 7.82. The lowest BCUT2D eigenvalue weighted by molar-refractivity contribution is 0.122. The average molecular weight is 565 g/mol. The predicted molar refractivity (Wildman–Crippen MR) is 145 cm³/mol. The number of anilines is 1. The number of aliphatic imine (C=N–C) groups is 1. The van der Waals surface area contributed by atoms with E-state index in [1.54, 1.807) is 0 Å². The van der Waals surface area contributed by atoms with E-state index in [1.165, 1.54) is 42.6 Å². The Morgan fingerprint density at radius 2 is 1.73 bits per heavy atom. The molecule has 0 amide bonds. The van der Waals surface area contributed by atoms with Crippen molar-refractivity contribution in [3.05, 3.63) is 59.3 Å². The first kappa shape index (κ1) is 25.7. The van der Waals surface area contributed by atoms with Crippen LogP contribution in [-0.4, -0.2) is 61.8 Å². The van der Waals surface area contributed by atoms with Crippen LogP contribution >= 0.6 is 24.0 Å². The molecule has 0 saturated carbocycles. The van der Waals surface area contributed by atoms with E-state index in [-0.39, 0.29) is 24.0 Å². The van der Waals surface area contributed by atoms with E-state index in [9.17, 15) is 0 Å². The van der Waals surface area contributed by atoms with E-state index in [0.717, 1.165) is 51.2 Å². The van der Waals surface area contributed by atoms with Crippen LogP contribution in [0.4, 0.5) is 5.82 Å². The zero-order chi connectivity index (χ0) is 22.0. The summed E-state index contributed by atoms with van der Waals surface area (Å²) in [5, 5.41) is 6.84. The van der Waals surface area contributed by atoms with Crippen molar-refractivity contribution in [2.45, 2.75) is 39.4 Å². The number of ether oxygens (including phenoxy) is 1. The standard InChI is InChI=1S/C25H36N6O.HI/c1-2-26-25(28-18-21-7-9-22(10-8-21)20-30-12-3-4-13-30)29-19-23-6-5-11-27-24(23)31-14-16-32-17-15-31;/h5-11H,2-4,12-20H2,1H3,(H2,26,28,29);1H. The maximum atomic E-state index is 5.49. The van der Waals surface area contributed by atoms with Crippen molar-refractivity contribution >= 4 is 35.8 Å². The van der Waals surface area contributed by atoms with Gasteiger partial charge in [-0.15, -0.1) is 24.0 Å². The number of hydrogen-bond acceptors (Lipinski definition) is 5. The molecular weight excluding hydrogens is 527 g/mol.